The highest BCUT2D eigenvalue weighted by atomic mass is 32.2. The van der Waals surface area contributed by atoms with Gasteiger partial charge in [0.25, 0.3) is 0 Å². The van der Waals surface area contributed by atoms with Crippen LogP contribution < -0.4 is 5.73 Å². The van der Waals surface area contributed by atoms with Gasteiger partial charge in [-0.05, 0) is 42.0 Å². The number of rotatable bonds is 3. The molecular formula is C16H12F2N2S. The zero-order valence-electron chi connectivity index (χ0n) is 11.0. The van der Waals surface area contributed by atoms with E-state index in [1.54, 1.807) is 30.5 Å². The molecule has 0 radical (unpaired) electrons. The van der Waals surface area contributed by atoms with Gasteiger partial charge in [-0.15, -0.1) is 11.8 Å². The highest BCUT2D eigenvalue weighted by Crippen LogP contribution is 2.29. The Labute approximate surface area is 125 Å². The van der Waals surface area contributed by atoms with Gasteiger partial charge in [0.15, 0.2) is 0 Å². The second-order valence-electron chi connectivity index (χ2n) is 4.62. The van der Waals surface area contributed by atoms with E-state index in [4.69, 9.17) is 5.73 Å². The monoisotopic (exact) mass is 302 g/mol. The summed E-state index contributed by atoms with van der Waals surface area (Å²) in [6.45, 7) is 0. The average Bonchev–Trinajstić information content (AvgIpc) is 2.46. The number of fused-ring (bicyclic) bond motifs is 1. The molecule has 0 aliphatic heterocycles. The molecule has 0 fully saturated rings. The van der Waals surface area contributed by atoms with Gasteiger partial charge < -0.3 is 5.73 Å². The molecule has 2 N–H and O–H groups in total. The molecule has 21 heavy (non-hydrogen) atoms. The molecule has 1 aromatic heterocycles. The number of hydrogen-bond acceptors (Lipinski definition) is 3. The third-order valence-electron chi connectivity index (χ3n) is 3.09. The first-order valence-corrected chi connectivity index (χ1v) is 7.33. The van der Waals surface area contributed by atoms with Gasteiger partial charge in [-0.1, -0.05) is 6.07 Å². The molecule has 0 amide bonds. The van der Waals surface area contributed by atoms with Gasteiger partial charge in [-0.25, -0.2) is 8.78 Å². The number of anilines is 1. The van der Waals surface area contributed by atoms with Gasteiger partial charge in [0.1, 0.15) is 11.6 Å². The van der Waals surface area contributed by atoms with Gasteiger partial charge in [0.05, 0.1) is 5.52 Å². The third kappa shape index (κ3) is 2.97. The molecular weight excluding hydrogens is 290 g/mol. The second-order valence-corrected chi connectivity index (χ2v) is 5.66. The average molecular weight is 302 g/mol. The molecule has 3 rings (SSSR count). The van der Waals surface area contributed by atoms with Crippen LogP contribution >= 0.6 is 11.8 Å². The topological polar surface area (TPSA) is 38.9 Å². The lowest BCUT2D eigenvalue weighted by Gasteiger charge is -2.07. The summed E-state index contributed by atoms with van der Waals surface area (Å²) in [4.78, 5) is 4.97. The first kappa shape index (κ1) is 13.8. The molecule has 0 bridgehead atoms. The smallest absolute Gasteiger partial charge is 0.132 e. The minimum absolute atomic E-state index is 0.290. The van der Waals surface area contributed by atoms with Crippen LogP contribution in [0.15, 0.2) is 53.6 Å². The number of halogens is 2. The lowest BCUT2D eigenvalue weighted by atomic mass is 10.1. The van der Waals surface area contributed by atoms with Gasteiger partial charge in [-0.2, -0.15) is 0 Å². The van der Waals surface area contributed by atoms with Crippen molar-refractivity contribution in [3.8, 4) is 0 Å². The zero-order chi connectivity index (χ0) is 14.8. The fourth-order valence-corrected chi connectivity index (χ4v) is 3.11. The van der Waals surface area contributed by atoms with E-state index in [-0.39, 0.29) is 11.6 Å². The summed E-state index contributed by atoms with van der Waals surface area (Å²) in [7, 11) is 0. The van der Waals surface area contributed by atoms with Gasteiger partial charge in [0, 0.05) is 27.9 Å². The molecule has 0 atom stereocenters. The number of nitrogens with two attached hydrogens (primary N) is 1. The summed E-state index contributed by atoms with van der Waals surface area (Å²) in [5.74, 6) is -0.0853. The maximum Gasteiger partial charge on any atom is 0.132 e. The predicted octanol–water partition coefficient (Wildman–Crippen LogP) is 4.39. The Bertz CT molecular complexity index is 785. The Kier molecular flexibility index (Phi) is 3.75. The number of pyridine rings is 1. The van der Waals surface area contributed by atoms with Crippen LogP contribution in [0.25, 0.3) is 10.9 Å². The van der Waals surface area contributed by atoms with Gasteiger partial charge >= 0.3 is 0 Å². The van der Waals surface area contributed by atoms with E-state index < -0.39 is 0 Å². The SMILES string of the molecule is Nc1cc(F)cc(SCc2ccc(F)c3cccnc23)c1. The molecule has 0 unspecified atom stereocenters. The molecule has 0 aliphatic rings. The maximum atomic E-state index is 13.7. The molecule has 2 aromatic carbocycles. The van der Waals surface area contributed by atoms with E-state index in [2.05, 4.69) is 4.98 Å². The van der Waals surface area contributed by atoms with Crippen molar-refractivity contribution in [3.63, 3.8) is 0 Å². The van der Waals surface area contributed by atoms with Crippen LogP contribution in [0.1, 0.15) is 5.56 Å². The van der Waals surface area contributed by atoms with Crippen molar-refractivity contribution in [2.45, 2.75) is 10.6 Å². The maximum absolute atomic E-state index is 13.7. The number of thioether (sulfide) groups is 1. The number of aromatic nitrogens is 1. The summed E-state index contributed by atoms with van der Waals surface area (Å²) in [6, 6.07) is 11.0. The number of hydrogen-bond donors (Lipinski definition) is 1. The lowest BCUT2D eigenvalue weighted by molar-refractivity contribution is 0.625. The van der Waals surface area contributed by atoms with E-state index in [0.717, 1.165) is 10.5 Å². The quantitative estimate of drug-likeness (QED) is 0.576. The molecule has 106 valence electrons. The van der Waals surface area contributed by atoms with Crippen molar-refractivity contribution in [1.82, 2.24) is 4.98 Å². The minimum Gasteiger partial charge on any atom is -0.399 e. The molecule has 5 heteroatoms. The Balaban J connectivity index is 1.90. The van der Waals surface area contributed by atoms with E-state index in [1.165, 1.54) is 30.0 Å². The second kappa shape index (κ2) is 5.69. The van der Waals surface area contributed by atoms with E-state index in [1.807, 2.05) is 0 Å². The van der Waals surface area contributed by atoms with Crippen LogP contribution in [0.2, 0.25) is 0 Å². The number of benzene rings is 2. The van der Waals surface area contributed by atoms with Crippen molar-refractivity contribution >= 4 is 28.4 Å². The first-order chi connectivity index (χ1) is 10.1. The van der Waals surface area contributed by atoms with Crippen LogP contribution in [-0.4, -0.2) is 4.98 Å². The van der Waals surface area contributed by atoms with Crippen molar-refractivity contribution in [1.29, 1.82) is 0 Å². The predicted molar refractivity (Wildman–Crippen MR) is 82.1 cm³/mol. The fraction of sp³-hybridized carbons (Fsp3) is 0.0625. The summed E-state index contributed by atoms with van der Waals surface area (Å²) in [5.41, 5.74) is 7.55. The summed E-state index contributed by atoms with van der Waals surface area (Å²) >= 11 is 1.44. The van der Waals surface area contributed by atoms with Crippen molar-refractivity contribution in [2.24, 2.45) is 0 Å². The van der Waals surface area contributed by atoms with Gasteiger partial charge in [0.2, 0.25) is 0 Å². The Morgan fingerprint density at radius 2 is 1.95 bits per heavy atom. The van der Waals surface area contributed by atoms with E-state index in [9.17, 15) is 8.78 Å². The summed E-state index contributed by atoms with van der Waals surface area (Å²) in [5, 5.41) is 0.495. The standard InChI is InChI=1S/C16H12F2N2S/c17-11-6-12(19)8-13(7-11)21-9-10-3-4-15(18)14-2-1-5-20-16(10)14/h1-8H,9,19H2. The lowest BCUT2D eigenvalue weighted by Crippen LogP contribution is -1.91. The van der Waals surface area contributed by atoms with Crippen LogP contribution in [0, 0.1) is 11.6 Å². The first-order valence-electron chi connectivity index (χ1n) is 6.34. The molecule has 1 heterocycles. The molecule has 0 spiro atoms. The Hall–Kier alpha value is -2.14. The fourth-order valence-electron chi connectivity index (χ4n) is 2.14. The molecule has 0 saturated heterocycles. The molecule has 0 saturated carbocycles. The number of nitrogen functional groups attached to an aromatic ring is 1. The van der Waals surface area contributed by atoms with E-state index >= 15 is 0 Å². The van der Waals surface area contributed by atoms with Crippen molar-refractivity contribution in [2.75, 3.05) is 5.73 Å². The van der Waals surface area contributed by atoms with Crippen LogP contribution in [0.3, 0.4) is 0 Å². The van der Waals surface area contributed by atoms with Crippen molar-refractivity contribution < 1.29 is 8.78 Å². The van der Waals surface area contributed by atoms with Gasteiger partial charge in [-0.3, -0.25) is 4.98 Å². The third-order valence-corrected chi connectivity index (χ3v) is 4.11. The zero-order valence-corrected chi connectivity index (χ0v) is 11.8. The van der Waals surface area contributed by atoms with Crippen molar-refractivity contribution in [3.05, 3.63) is 65.9 Å². The summed E-state index contributed by atoms with van der Waals surface area (Å²) in [6.07, 6.45) is 1.64. The summed E-state index contributed by atoms with van der Waals surface area (Å²) < 4.78 is 27.0. The largest absolute Gasteiger partial charge is 0.399 e. The van der Waals surface area contributed by atoms with Crippen LogP contribution in [0.4, 0.5) is 14.5 Å². The minimum atomic E-state index is -0.361. The highest BCUT2D eigenvalue weighted by Gasteiger charge is 2.08. The molecule has 3 aromatic rings. The Morgan fingerprint density at radius 3 is 2.76 bits per heavy atom. The van der Waals surface area contributed by atoms with Crippen LogP contribution in [-0.2, 0) is 5.75 Å². The Morgan fingerprint density at radius 1 is 1.10 bits per heavy atom. The van der Waals surface area contributed by atoms with E-state index in [0.29, 0.717) is 22.3 Å². The van der Waals surface area contributed by atoms with Crippen LogP contribution in [0.5, 0.6) is 0 Å². The highest BCUT2D eigenvalue weighted by molar-refractivity contribution is 7.98. The molecule has 2 nitrogen and oxygen atoms in total. The number of nitrogens with zero attached hydrogens (tertiary/aromatic N) is 1. The molecule has 0 aliphatic carbocycles. The normalized spacial score (nSPS) is 11.0.